The normalized spacial score (nSPS) is 16.1. The highest BCUT2D eigenvalue weighted by molar-refractivity contribution is 8.27. The molecule has 2 aromatic rings. The molecule has 0 atom stereocenters. The third-order valence-corrected chi connectivity index (χ3v) is 4.84. The first-order chi connectivity index (χ1) is 11.6. The summed E-state index contributed by atoms with van der Waals surface area (Å²) in [5.41, 5.74) is 2.85. The van der Waals surface area contributed by atoms with Crippen LogP contribution in [0.25, 0.3) is 6.08 Å². The summed E-state index contributed by atoms with van der Waals surface area (Å²) in [5, 5.41) is 0. The summed E-state index contributed by atoms with van der Waals surface area (Å²) in [5.74, 6) is 0.742. The molecule has 24 heavy (non-hydrogen) atoms. The van der Waals surface area contributed by atoms with Gasteiger partial charge in [-0.2, -0.15) is 0 Å². The average Bonchev–Trinajstić information content (AvgIpc) is 2.83. The SMILES string of the molecule is CCOc1ccc(/C=C2/SC(=S)N(c3cccc(C)c3)C2=O)cc1. The van der Waals surface area contributed by atoms with Gasteiger partial charge in [-0.25, -0.2) is 0 Å². The fourth-order valence-corrected chi connectivity index (χ4v) is 3.73. The van der Waals surface area contributed by atoms with Crippen LogP contribution in [-0.2, 0) is 4.79 Å². The first-order valence-electron chi connectivity index (χ1n) is 7.66. The standard InChI is InChI=1S/C19H17NO2S2/c1-3-22-16-9-7-14(8-10-16)12-17-18(21)20(19(23)24-17)15-6-4-5-13(2)11-15/h4-12H,3H2,1-2H3/b17-12+. The maximum Gasteiger partial charge on any atom is 0.270 e. The van der Waals surface area contributed by atoms with Crippen molar-refractivity contribution in [1.29, 1.82) is 0 Å². The van der Waals surface area contributed by atoms with Gasteiger partial charge < -0.3 is 4.74 Å². The van der Waals surface area contributed by atoms with E-state index in [2.05, 4.69) is 0 Å². The first-order valence-corrected chi connectivity index (χ1v) is 8.88. The zero-order valence-corrected chi connectivity index (χ0v) is 15.1. The Morgan fingerprint density at radius 1 is 1.21 bits per heavy atom. The molecule has 2 aromatic carbocycles. The van der Waals surface area contributed by atoms with E-state index in [0.29, 0.717) is 15.8 Å². The molecule has 1 heterocycles. The third kappa shape index (κ3) is 3.52. The Hall–Kier alpha value is -2.11. The van der Waals surface area contributed by atoms with E-state index in [1.54, 1.807) is 4.90 Å². The smallest absolute Gasteiger partial charge is 0.270 e. The van der Waals surface area contributed by atoms with E-state index in [1.807, 2.05) is 68.5 Å². The van der Waals surface area contributed by atoms with Crippen LogP contribution in [-0.4, -0.2) is 16.8 Å². The van der Waals surface area contributed by atoms with Gasteiger partial charge >= 0.3 is 0 Å². The lowest BCUT2D eigenvalue weighted by Crippen LogP contribution is -2.27. The van der Waals surface area contributed by atoms with E-state index in [4.69, 9.17) is 17.0 Å². The van der Waals surface area contributed by atoms with Crippen molar-refractivity contribution in [3.05, 3.63) is 64.6 Å². The minimum Gasteiger partial charge on any atom is -0.494 e. The van der Waals surface area contributed by atoms with Crippen molar-refractivity contribution < 1.29 is 9.53 Å². The van der Waals surface area contributed by atoms with E-state index in [1.165, 1.54) is 11.8 Å². The summed E-state index contributed by atoms with van der Waals surface area (Å²) in [6, 6.07) is 15.5. The Labute approximate surface area is 151 Å². The van der Waals surface area contributed by atoms with Gasteiger partial charge in [-0.15, -0.1) is 0 Å². The molecule has 0 bridgehead atoms. The topological polar surface area (TPSA) is 29.5 Å². The molecule has 3 nitrogen and oxygen atoms in total. The van der Waals surface area contributed by atoms with Crippen LogP contribution >= 0.6 is 24.0 Å². The molecule has 0 unspecified atom stereocenters. The summed E-state index contributed by atoms with van der Waals surface area (Å²) in [6.45, 7) is 4.58. The largest absolute Gasteiger partial charge is 0.494 e. The molecule has 1 aliphatic rings. The van der Waals surface area contributed by atoms with Crippen molar-refractivity contribution in [2.45, 2.75) is 13.8 Å². The number of carbonyl (C=O) groups excluding carboxylic acids is 1. The predicted octanol–water partition coefficient (Wildman–Crippen LogP) is 4.80. The Kier molecular flexibility index (Phi) is 5.02. The van der Waals surface area contributed by atoms with Crippen LogP contribution in [0.2, 0.25) is 0 Å². The van der Waals surface area contributed by atoms with E-state index in [9.17, 15) is 4.79 Å². The fraction of sp³-hybridized carbons (Fsp3) is 0.158. The summed E-state index contributed by atoms with van der Waals surface area (Å²) in [6.07, 6.45) is 1.87. The fourth-order valence-electron chi connectivity index (χ4n) is 2.44. The average molecular weight is 355 g/mol. The Bertz CT molecular complexity index is 812. The maximum absolute atomic E-state index is 12.7. The minimum absolute atomic E-state index is 0.0792. The monoisotopic (exact) mass is 355 g/mol. The zero-order valence-electron chi connectivity index (χ0n) is 13.5. The van der Waals surface area contributed by atoms with Gasteiger partial charge in [0.1, 0.15) is 5.75 Å². The number of carbonyl (C=O) groups is 1. The number of aryl methyl sites for hydroxylation is 1. The predicted molar refractivity (Wildman–Crippen MR) is 104 cm³/mol. The number of rotatable bonds is 4. The van der Waals surface area contributed by atoms with Gasteiger partial charge in [-0.05, 0) is 55.3 Å². The number of benzene rings is 2. The highest BCUT2D eigenvalue weighted by atomic mass is 32.2. The van der Waals surface area contributed by atoms with Crippen LogP contribution in [0.1, 0.15) is 18.1 Å². The Balaban J connectivity index is 1.85. The number of nitrogens with zero attached hydrogens (tertiary/aromatic N) is 1. The highest BCUT2D eigenvalue weighted by Crippen LogP contribution is 2.36. The Morgan fingerprint density at radius 2 is 1.96 bits per heavy atom. The number of anilines is 1. The number of hydrogen-bond acceptors (Lipinski definition) is 4. The van der Waals surface area contributed by atoms with Gasteiger partial charge in [0.25, 0.3) is 5.91 Å². The number of amides is 1. The summed E-state index contributed by atoms with van der Waals surface area (Å²) in [7, 11) is 0. The minimum atomic E-state index is -0.0792. The van der Waals surface area contributed by atoms with Gasteiger partial charge in [0.2, 0.25) is 0 Å². The van der Waals surface area contributed by atoms with Crippen molar-refractivity contribution in [2.24, 2.45) is 0 Å². The van der Waals surface area contributed by atoms with Crippen LogP contribution in [0.4, 0.5) is 5.69 Å². The molecule has 0 saturated carbocycles. The third-order valence-electron chi connectivity index (χ3n) is 3.54. The molecule has 1 saturated heterocycles. The molecule has 1 amide bonds. The van der Waals surface area contributed by atoms with Crippen molar-refractivity contribution in [3.8, 4) is 5.75 Å². The van der Waals surface area contributed by atoms with Gasteiger partial charge in [-0.3, -0.25) is 9.69 Å². The lowest BCUT2D eigenvalue weighted by atomic mass is 10.2. The van der Waals surface area contributed by atoms with Crippen molar-refractivity contribution in [3.63, 3.8) is 0 Å². The molecular formula is C19H17NO2S2. The van der Waals surface area contributed by atoms with Crippen LogP contribution < -0.4 is 9.64 Å². The number of thiocarbonyl (C=S) groups is 1. The molecule has 0 spiro atoms. The van der Waals surface area contributed by atoms with E-state index >= 15 is 0 Å². The lowest BCUT2D eigenvalue weighted by molar-refractivity contribution is -0.113. The molecular weight excluding hydrogens is 338 g/mol. The molecule has 1 aliphatic heterocycles. The molecule has 0 radical (unpaired) electrons. The second kappa shape index (κ2) is 7.20. The number of hydrogen-bond donors (Lipinski definition) is 0. The van der Waals surface area contributed by atoms with Crippen LogP contribution in [0.15, 0.2) is 53.4 Å². The number of ether oxygens (including phenoxy) is 1. The second-order valence-corrected chi connectivity index (χ2v) is 7.03. The molecule has 3 rings (SSSR count). The summed E-state index contributed by atoms with van der Waals surface area (Å²) < 4.78 is 5.99. The van der Waals surface area contributed by atoms with Crippen LogP contribution in [0.5, 0.6) is 5.75 Å². The Morgan fingerprint density at radius 3 is 2.62 bits per heavy atom. The molecule has 5 heteroatoms. The summed E-state index contributed by atoms with van der Waals surface area (Å²) >= 11 is 6.73. The molecule has 1 fully saturated rings. The van der Waals surface area contributed by atoms with Crippen molar-refractivity contribution in [1.82, 2.24) is 0 Å². The highest BCUT2D eigenvalue weighted by Gasteiger charge is 2.33. The van der Waals surface area contributed by atoms with Crippen molar-refractivity contribution >= 4 is 46.0 Å². The van der Waals surface area contributed by atoms with Crippen LogP contribution in [0, 0.1) is 6.92 Å². The number of thioether (sulfide) groups is 1. The molecule has 122 valence electrons. The van der Waals surface area contributed by atoms with E-state index < -0.39 is 0 Å². The van der Waals surface area contributed by atoms with Gasteiger partial charge in [0.15, 0.2) is 4.32 Å². The van der Waals surface area contributed by atoms with E-state index in [0.717, 1.165) is 22.6 Å². The quantitative estimate of drug-likeness (QED) is 0.582. The van der Waals surface area contributed by atoms with Gasteiger partial charge in [0.05, 0.1) is 17.2 Å². The van der Waals surface area contributed by atoms with Gasteiger partial charge in [-0.1, -0.05) is 48.2 Å². The summed E-state index contributed by atoms with van der Waals surface area (Å²) in [4.78, 5) is 14.9. The van der Waals surface area contributed by atoms with Crippen molar-refractivity contribution in [2.75, 3.05) is 11.5 Å². The zero-order chi connectivity index (χ0) is 17.1. The van der Waals surface area contributed by atoms with Gasteiger partial charge in [0, 0.05) is 0 Å². The molecule has 0 N–H and O–H groups in total. The lowest BCUT2D eigenvalue weighted by Gasteiger charge is -2.14. The van der Waals surface area contributed by atoms with E-state index in [-0.39, 0.29) is 5.91 Å². The molecule has 0 aliphatic carbocycles. The first kappa shape index (κ1) is 16.7. The second-order valence-electron chi connectivity index (χ2n) is 5.36. The molecule has 0 aromatic heterocycles. The maximum atomic E-state index is 12.7. The van der Waals surface area contributed by atoms with Crippen LogP contribution in [0.3, 0.4) is 0 Å².